The predicted octanol–water partition coefficient (Wildman–Crippen LogP) is 3.68. The van der Waals surface area contributed by atoms with Gasteiger partial charge in [0.15, 0.2) is 0 Å². The molecule has 0 fully saturated rings. The molecular weight excluding hydrogens is 266 g/mol. The fourth-order valence-corrected chi connectivity index (χ4v) is 3.34. The molecule has 2 aromatic rings. The number of thiophene rings is 1. The van der Waals surface area contributed by atoms with E-state index in [0.29, 0.717) is 12.1 Å². The maximum absolute atomic E-state index is 4.75. The molecule has 0 amide bonds. The van der Waals surface area contributed by atoms with Crippen molar-refractivity contribution in [2.45, 2.75) is 51.6 Å². The molecule has 110 valence electrons. The molecule has 0 aliphatic rings. The summed E-state index contributed by atoms with van der Waals surface area (Å²) in [6.45, 7) is 4.45. The van der Waals surface area contributed by atoms with Crippen LogP contribution in [0.25, 0.3) is 0 Å². The number of rotatable bonds is 8. The van der Waals surface area contributed by atoms with Crippen molar-refractivity contribution >= 4 is 11.3 Å². The highest BCUT2D eigenvalue weighted by Gasteiger charge is 2.13. The third kappa shape index (κ3) is 3.93. The van der Waals surface area contributed by atoms with Crippen LogP contribution in [0, 0.1) is 0 Å². The lowest BCUT2D eigenvalue weighted by atomic mass is 10.1. The summed E-state index contributed by atoms with van der Waals surface area (Å²) in [5.41, 5.74) is 1.19. The van der Waals surface area contributed by atoms with Crippen LogP contribution in [0.3, 0.4) is 0 Å². The van der Waals surface area contributed by atoms with Crippen LogP contribution >= 0.6 is 11.3 Å². The van der Waals surface area contributed by atoms with Crippen molar-refractivity contribution in [1.29, 1.82) is 0 Å². The highest BCUT2D eigenvalue weighted by molar-refractivity contribution is 7.09. The molecule has 2 aromatic heterocycles. The van der Waals surface area contributed by atoms with Crippen LogP contribution in [-0.4, -0.2) is 22.9 Å². The van der Waals surface area contributed by atoms with Crippen molar-refractivity contribution in [2.75, 3.05) is 7.05 Å². The fourth-order valence-electron chi connectivity index (χ4n) is 2.55. The lowest BCUT2D eigenvalue weighted by Crippen LogP contribution is -2.29. The van der Waals surface area contributed by atoms with Gasteiger partial charge in [-0.3, -0.25) is 4.68 Å². The number of likely N-dealkylation sites (N-methyl/N-ethyl adjacent to an activating group) is 1. The molecular formula is C16H25N3S. The van der Waals surface area contributed by atoms with Crippen LogP contribution in [0.1, 0.15) is 43.3 Å². The Morgan fingerprint density at radius 3 is 2.65 bits per heavy atom. The van der Waals surface area contributed by atoms with Crippen molar-refractivity contribution in [3.8, 4) is 0 Å². The van der Waals surface area contributed by atoms with Gasteiger partial charge in [0.05, 0.1) is 11.7 Å². The van der Waals surface area contributed by atoms with Gasteiger partial charge in [-0.2, -0.15) is 5.10 Å². The Labute approximate surface area is 126 Å². The Kier molecular flexibility index (Phi) is 5.80. The van der Waals surface area contributed by atoms with Gasteiger partial charge < -0.3 is 5.32 Å². The Balaban J connectivity index is 1.97. The van der Waals surface area contributed by atoms with Gasteiger partial charge in [0, 0.05) is 23.5 Å². The van der Waals surface area contributed by atoms with E-state index in [9.17, 15) is 0 Å². The third-order valence-electron chi connectivity index (χ3n) is 3.87. The van der Waals surface area contributed by atoms with E-state index in [2.05, 4.69) is 53.6 Å². The molecule has 1 atom stereocenters. The molecule has 20 heavy (non-hydrogen) atoms. The third-order valence-corrected chi connectivity index (χ3v) is 4.77. The Bertz CT molecular complexity index is 486. The van der Waals surface area contributed by atoms with E-state index in [0.717, 1.165) is 25.7 Å². The molecule has 0 bridgehead atoms. The molecule has 0 aromatic carbocycles. The number of hydrogen-bond acceptors (Lipinski definition) is 3. The average Bonchev–Trinajstić information content (AvgIpc) is 3.12. The summed E-state index contributed by atoms with van der Waals surface area (Å²) >= 11 is 1.83. The summed E-state index contributed by atoms with van der Waals surface area (Å²) in [4.78, 5) is 1.43. The minimum absolute atomic E-state index is 0.457. The number of hydrogen-bond donors (Lipinski definition) is 1. The Morgan fingerprint density at radius 1 is 1.25 bits per heavy atom. The van der Waals surface area contributed by atoms with Crippen LogP contribution in [0.4, 0.5) is 0 Å². The first-order valence-corrected chi connectivity index (χ1v) is 8.38. The van der Waals surface area contributed by atoms with E-state index in [4.69, 9.17) is 5.10 Å². The predicted molar refractivity (Wildman–Crippen MR) is 86.4 cm³/mol. The van der Waals surface area contributed by atoms with Gasteiger partial charge in [0.2, 0.25) is 0 Å². The molecule has 2 heterocycles. The lowest BCUT2D eigenvalue weighted by Gasteiger charge is -2.15. The molecule has 3 nitrogen and oxygen atoms in total. The fraction of sp³-hybridized carbons (Fsp3) is 0.562. The van der Waals surface area contributed by atoms with E-state index in [-0.39, 0.29) is 0 Å². The zero-order valence-electron chi connectivity index (χ0n) is 12.7. The second-order valence-electron chi connectivity index (χ2n) is 5.23. The number of nitrogens with one attached hydrogen (secondary N) is 1. The van der Waals surface area contributed by atoms with E-state index in [1.165, 1.54) is 10.6 Å². The van der Waals surface area contributed by atoms with Gasteiger partial charge in [0.1, 0.15) is 0 Å². The number of nitrogens with zero attached hydrogens (tertiary/aromatic N) is 2. The van der Waals surface area contributed by atoms with Crippen LogP contribution in [0.5, 0.6) is 0 Å². The second-order valence-corrected chi connectivity index (χ2v) is 6.26. The average molecular weight is 291 g/mol. The summed E-state index contributed by atoms with van der Waals surface area (Å²) in [5.74, 6) is 0. The summed E-state index contributed by atoms with van der Waals surface area (Å²) in [5, 5.41) is 10.3. The summed E-state index contributed by atoms with van der Waals surface area (Å²) in [7, 11) is 2.04. The monoisotopic (exact) mass is 291 g/mol. The van der Waals surface area contributed by atoms with E-state index in [1.54, 1.807) is 0 Å². The first-order valence-electron chi connectivity index (χ1n) is 7.50. The largest absolute Gasteiger partial charge is 0.316 e. The van der Waals surface area contributed by atoms with E-state index < -0.39 is 0 Å². The number of aromatic nitrogens is 2. The quantitative estimate of drug-likeness (QED) is 0.804. The van der Waals surface area contributed by atoms with Crippen LogP contribution < -0.4 is 5.32 Å². The second kappa shape index (κ2) is 7.60. The first kappa shape index (κ1) is 15.3. The van der Waals surface area contributed by atoms with Gasteiger partial charge in [0.25, 0.3) is 0 Å². The molecule has 2 rings (SSSR count). The topological polar surface area (TPSA) is 29.9 Å². The van der Waals surface area contributed by atoms with Gasteiger partial charge >= 0.3 is 0 Å². The Morgan fingerprint density at radius 2 is 2.05 bits per heavy atom. The van der Waals surface area contributed by atoms with Crippen molar-refractivity contribution in [3.05, 3.63) is 40.3 Å². The Hall–Kier alpha value is -1.13. The van der Waals surface area contributed by atoms with Crippen LogP contribution in [0.2, 0.25) is 0 Å². The molecule has 0 saturated heterocycles. The maximum atomic E-state index is 4.75. The van der Waals surface area contributed by atoms with Crippen molar-refractivity contribution in [1.82, 2.24) is 15.1 Å². The van der Waals surface area contributed by atoms with E-state index in [1.807, 2.05) is 18.4 Å². The van der Waals surface area contributed by atoms with Crippen molar-refractivity contribution in [3.63, 3.8) is 0 Å². The van der Waals surface area contributed by atoms with Crippen LogP contribution in [0.15, 0.2) is 29.8 Å². The summed E-state index contributed by atoms with van der Waals surface area (Å²) < 4.78 is 2.13. The molecule has 1 N–H and O–H groups in total. The highest BCUT2D eigenvalue weighted by Crippen LogP contribution is 2.16. The lowest BCUT2D eigenvalue weighted by molar-refractivity contribution is 0.423. The zero-order valence-corrected chi connectivity index (χ0v) is 13.5. The van der Waals surface area contributed by atoms with Gasteiger partial charge in [-0.15, -0.1) is 11.3 Å². The molecule has 0 spiro atoms. The normalized spacial score (nSPS) is 13.0. The molecule has 1 unspecified atom stereocenters. The molecule has 0 radical (unpaired) electrons. The standard InChI is InChI=1S/C16H25N3S/c1-4-15(5-2)19-9-8-13(18-19)11-14(17-3)12-16-7-6-10-20-16/h6-10,14-15,17H,4-5,11-12H2,1-3H3. The zero-order chi connectivity index (χ0) is 14.4. The minimum Gasteiger partial charge on any atom is -0.316 e. The van der Waals surface area contributed by atoms with Crippen molar-refractivity contribution < 1.29 is 0 Å². The molecule has 0 saturated carbocycles. The molecule has 0 aliphatic carbocycles. The summed E-state index contributed by atoms with van der Waals surface area (Å²) in [6.07, 6.45) is 6.48. The first-order chi connectivity index (χ1) is 9.76. The molecule has 0 aliphatic heterocycles. The SMILES string of the molecule is CCC(CC)n1ccc(CC(Cc2cccs2)NC)n1. The van der Waals surface area contributed by atoms with Crippen LogP contribution in [-0.2, 0) is 12.8 Å². The molecule has 4 heteroatoms. The summed E-state index contributed by atoms with van der Waals surface area (Å²) in [6, 6.07) is 7.48. The van der Waals surface area contributed by atoms with Gasteiger partial charge in [-0.25, -0.2) is 0 Å². The van der Waals surface area contributed by atoms with E-state index >= 15 is 0 Å². The van der Waals surface area contributed by atoms with Gasteiger partial charge in [-0.1, -0.05) is 19.9 Å². The smallest absolute Gasteiger partial charge is 0.0640 e. The highest BCUT2D eigenvalue weighted by atomic mass is 32.1. The minimum atomic E-state index is 0.457. The van der Waals surface area contributed by atoms with Gasteiger partial charge in [-0.05, 0) is 43.8 Å². The maximum Gasteiger partial charge on any atom is 0.0640 e. The van der Waals surface area contributed by atoms with Crippen molar-refractivity contribution in [2.24, 2.45) is 0 Å².